The maximum Gasteiger partial charge on any atom is 0.230 e. The number of fused-ring (bicyclic) bond motifs is 2. The van der Waals surface area contributed by atoms with Gasteiger partial charge in [-0.3, -0.25) is 4.79 Å². The highest BCUT2D eigenvalue weighted by Gasteiger charge is 2.42. The van der Waals surface area contributed by atoms with Gasteiger partial charge in [-0.15, -0.1) is 10.2 Å². The van der Waals surface area contributed by atoms with Crippen LogP contribution in [0.2, 0.25) is 0 Å². The minimum absolute atomic E-state index is 0.0975. The van der Waals surface area contributed by atoms with E-state index in [0.29, 0.717) is 23.6 Å². The van der Waals surface area contributed by atoms with E-state index in [0.717, 1.165) is 49.3 Å². The Morgan fingerprint density at radius 1 is 1.29 bits per heavy atom. The summed E-state index contributed by atoms with van der Waals surface area (Å²) in [6.45, 7) is 2.66. The highest BCUT2D eigenvalue weighted by molar-refractivity contribution is 5.87. The Balaban J connectivity index is 1.18. The monoisotopic (exact) mass is 381 g/mol. The molecule has 2 fully saturated rings. The molecule has 3 aromatic heterocycles. The highest BCUT2D eigenvalue weighted by Crippen LogP contribution is 2.42. The average Bonchev–Trinajstić information content (AvgIpc) is 3.44. The summed E-state index contributed by atoms with van der Waals surface area (Å²) >= 11 is 0. The first-order valence-corrected chi connectivity index (χ1v) is 9.66. The van der Waals surface area contributed by atoms with Crippen LogP contribution in [0.4, 0.5) is 5.82 Å². The molecule has 2 aliphatic rings. The number of tetrazole rings is 1. The van der Waals surface area contributed by atoms with Crippen molar-refractivity contribution in [1.82, 2.24) is 40.5 Å². The lowest BCUT2D eigenvalue weighted by atomic mass is 10.0. The van der Waals surface area contributed by atoms with Gasteiger partial charge in [-0.2, -0.15) is 5.21 Å². The SMILES string of the molecule is CN(CC1CC2CN(C(=O)Cc3nn[nH]n3)CC2C1)c1ncnc2[nH]ccc12. The lowest BCUT2D eigenvalue weighted by Gasteiger charge is -2.24. The molecule has 1 saturated carbocycles. The molecule has 1 aliphatic carbocycles. The maximum atomic E-state index is 12.5. The summed E-state index contributed by atoms with van der Waals surface area (Å²) < 4.78 is 0. The number of hydrogen-bond acceptors (Lipinski definition) is 7. The van der Waals surface area contributed by atoms with E-state index in [2.05, 4.69) is 47.5 Å². The van der Waals surface area contributed by atoms with E-state index >= 15 is 0 Å². The van der Waals surface area contributed by atoms with Crippen molar-refractivity contribution in [3.8, 4) is 0 Å². The molecule has 4 heterocycles. The van der Waals surface area contributed by atoms with Crippen molar-refractivity contribution in [3.63, 3.8) is 0 Å². The van der Waals surface area contributed by atoms with Crippen molar-refractivity contribution >= 4 is 22.8 Å². The van der Waals surface area contributed by atoms with Gasteiger partial charge < -0.3 is 14.8 Å². The van der Waals surface area contributed by atoms with Crippen molar-refractivity contribution in [2.24, 2.45) is 17.8 Å². The first-order valence-electron chi connectivity index (χ1n) is 9.66. The third kappa shape index (κ3) is 3.08. The van der Waals surface area contributed by atoms with Crippen LogP contribution in [-0.4, -0.2) is 73.1 Å². The summed E-state index contributed by atoms with van der Waals surface area (Å²) in [5, 5.41) is 14.7. The van der Waals surface area contributed by atoms with Gasteiger partial charge in [0.05, 0.1) is 11.8 Å². The molecule has 10 heteroatoms. The molecule has 1 amide bonds. The van der Waals surface area contributed by atoms with E-state index in [4.69, 9.17) is 0 Å². The summed E-state index contributed by atoms with van der Waals surface area (Å²) in [5.41, 5.74) is 0.871. The number of rotatable bonds is 5. The minimum Gasteiger partial charge on any atom is -0.359 e. The standard InChI is InChI=1S/C18H23N9O/c1-26(18-14-2-3-19-17(14)20-10-21-18)7-11-4-12-8-27(9-13(12)5-11)16(28)6-15-22-24-25-23-15/h2-3,10-13H,4-9H2,1H3,(H,19,20,21)(H,22,23,24,25). The van der Waals surface area contributed by atoms with Gasteiger partial charge >= 0.3 is 0 Å². The van der Waals surface area contributed by atoms with Crippen LogP contribution in [0.25, 0.3) is 11.0 Å². The predicted molar refractivity (Wildman–Crippen MR) is 101 cm³/mol. The second-order valence-corrected chi connectivity index (χ2v) is 7.98. The zero-order valence-corrected chi connectivity index (χ0v) is 15.7. The molecular formula is C18H23N9O. The Kier molecular flexibility index (Phi) is 4.18. The van der Waals surface area contributed by atoms with Crippen molar-refractivity contribution in [3.05, 3.63) is 24.4 Å². The van der Waals surface area contributed by atoms with Crippen LogP contribution in [0.3, 0.4) is 0 Å². The molecule has 0 aromatic carbocycles. The van der Waals surface area contributed by atoms with E-state index in [9.17, 15) is 4.79 Å². The van der Waals surface area contributed by atoms with Gasteiger partial charge in [-0.1, -0.05) is 5.21 Å². The van der Waals surface area contributed by atoms with Crippen molar-refractivity contribution in [2.75, 3.05) is 31.6 Å². The number of aromatic nitrogens is 7. The molecule has 5 rings (SSSR count). The molecule has 28 heavy (non-hydrogen) atoms. The van der Waals surface area contributed by atoms with Gasteiger partial charge in [0.2, 0.25) is 5.91 Å². The number of hydrogen-bond donors (Lipinski definition) is 2. The van der Waals surface area contributed by atoms with Crippen LogP contribution in [0.1, 0.15) is 18.7 Å². The van der Waals surface area contributed by atoms with Crippen molar-refractivity contribution in [1.29, 1.82) is 0 Å². The number of nitrogens with zero attached hydrogens (tertiary/aromatic N) is 7. The van der Waals surface area contributed by atoms with Crippen molar-refractivity contribution < 1.29 is 4.79 Å². The smallest absolute Gasteiger partial charge is 0.230 e. The molecule has 3 aromatic rings. The Labute approximate surface area is 161 Å². The van der Waals surface area contributed by atoms with E-state index in [1.165, 1.54) is 0 Å². The molecule has 0 spiro atoms. The van der Waals surface area contributed by atoms with Crippen LogP contribution >= 0.6 is 0 Å². The Morgan fingerprint density at radius 3 is 2.86 bits per heavy atom. The van der Waals surface area contributed by atoms with Crippen molar-refractivity contribution in [2.45, 2.75) is 19.3 Å². The lowest BCUT2D eigenvalue weighted by molar-refractivity contribution is -0.129. The van der Waals surface area contributed by atoms with Gasteiger partial charge in [0.15, 0.2) is 5.82 Å². The molecular weight excluding hydrogens is 358 g/mol. The number of likely N-dealkylation sites (tertiary alicyclic amines) is 1. The number of carbonyl (C=O) groups is 1. The summed E-state index contributed by atoms with van der Waals surface area (Å²) in [6, 6.07) is 2.03. The summed E-state index contributed by atoms with van der Waals surface area (Å²) in [7, 11) is 2.10. The Bertz CT molecular complexity index is 955. The number of amides is 1. The summed E-state index contributed by atoms with van der Waals surface area (Å²) in [4.78, 5) is 28.6. The van der Waals surface area contributed by atoms with Gasteiger partial charge in [0.25, 0.3) is 0 Å². The average molecular weight is 381 g/mol. The third-order valence-corrected chi connectivity index (χ3v) is 6.13. The van der Waals surface area contributed by atoms with E-state index in [-0.39, 0.29) is 12.3 Å². The van der Waals surface area contributed by atoms with Gasteiger partial charge in [-0.25, -0.2) is 9.97 Å². The maximum absolute atomic E-state index is 12.5. The van der Waals surface area contributed by atoms with E-state index < -0.39 is 0 Å². The molecule has 0 bridgehead atoms. The van der Waals surface area contributed by atoms with Gasteiger partial charge in [0, 0.05) is 32.9 Å². The number of carbonyl (C=O) groups excluding carboxylic acids is 1. The van der Waals surface area contributed by atoms with Gasteiger partial charge in [0.1, 0.15) is 17.8 Å². The fraction of sp³-hybridized carbons (Fsp3) is 0.556. The molecule has 2 N–H and O–H groups in total. The molecule has 10 nitrogen and oxygen atoms in total. The normalized spacial score (nSPS) is 24.0. The van der Waals surface area contributed by atoms with Crippen LogP contribution in [0, 0.1) is 17.8 Å². The second kappa shape index (κ2) is 6.84. The largest absolute Gasteiger partial charge is 0.359 e. The first-order chi connectivity index (χ1) is 13.7. The van der Waals surface area contributed by atoms with Crippen LogP contribution in [0.5, 0.6) is 0 Å². The molecule has 2 unspecified atom stereocenters. The van der Waals surface area contributed by atoms with E-state index in [1.807, 2.05) is 17.2 Å². The highest BCUT2D eigenvalue weighted by atomic mass is 16.2. The summed E-state index contributed by atoms with van der Waals surface area (Å²) in [5.74, 6) is 3.33. The van der Waals surface area contributed by atoms with Crippen LogP contribution < -0.4 is 4.90 Å². The molecule has 1 saturated heterocycles. The first kappa shape index (κ1) is 17.1. The predicted octanol–water partition coefficient (Wildman–Crippen LogP) is 0.634. The molecule has 146 valence electrons. The Hall–Kier alpha value is -3.04. The topological polar surface area (TPSA) is 120 Å². The molecule has 2 atom stereocenters. The number of nitrogens with one attached hydrogen (secondary N) is 2. The fourth-order valence-corrected chi connectivity index (χ4v) is 4.92. The van der Waals surface area contributed by atoms with Crippen LogP contribution in [0.15, 0.2) is 18.6 Å². The second-order valence-electron chi connectivity index (χ2n) is 7.98. The lowest BCUT2D eigenvalue weighted by Crippen LogP contribution is -2.32. The molecule has 0 radical (unpaired) electrons. The molecule has 1 aliphatic heterocycles. The fourth-order valence-electron chi connectivity index (χ4n) is 4.92. The summed E-state index contributed by atoms with van der Waals surface area (Å²) in [6.07, 6.45) is 6.05. The zero-order chi connectivity index (χ0) is 19.1. The number of aromatic amines is 2. The minimum atomic E-state index is 0.0975. The number of H-pyrrole nitrogens is 2. The van der Waals surface area contributed by atoms with Gasteiger partial charge in [-0.05, 0) is 36.7 Å². The Morgan fingerprint density at radius 2 is 2.11 bits per heavy atom. The third-order valence-electron chi connectivity index (χ3n) is 6.13. The zero-order valence-electron chi connectivity index (χ0n) is 15.7. The van der Waals surface area contributed by atoms with E-state index in [1.54, 1.807) is 6.33 Å². The number of anilines is 1. The quantitative estimate of drug-likeness (QED) is 0.665. The van der Waals surface area contributed by atoms with Crippen LogP contribution in [-0.2, 0) is 11.2 Å².